The quantitative estimate of drug-likeness (QED) is 0.162. The van der Waals surface area contributed by atoms with Crippen LogP contribution in [0.5, 0.6) is 0 Å². The highest BCUT2D eigenvalue weighted by Gasteiger charge is 2.72. The average Bonchev–Trinajstić information content (AvgIpc) is 2.85. The maximum Gasteiger partial charge on any atom is 0.339 e. The van der Waals surface area contributed by atoms with E-state index in [1.165, 1.54) is 6.92 Å². The normalized spacial score (nSPS) is 51.0. The van der Waals surface area contributed by atoms with Crippen LogP contribution in [0.15, 0.2) is 11.8 Å². The molecule has 11 atom stereocenters. The van der Waals surface area contributed by atoms with E-state index < -0.39 is 83.7 Å². The summed E-state index contributed by atoms with van der Waals surface area (Å²) in [5.74, 6) is -2.62. The molecular formula is C17H25ClO12. The molecular weight excluding hydrogens is 432 g/mol. The highest BCUT2D eigenvalue weighted by molar-refractivity contribution is 6.22. The summed E-state index contributed by atoms with van der Waals surface area (Å²) in [6, 6.07) is 0. The molecule has 7 N–H and O–H groups in total. The number of fused-ring (bicyclic) bond motifs is 1. The van der Waals surface area contributed by atoms with Crippen molar-refractivity contribution in [1.82, 2.24) is 0 Å². The molecule has 172 valence electrons. The number of esters is 1. The first-order chi connectivity index (χ1) is 13.9. The Morgan fingerprint density at radius 1 is 1.17 bits per heavy atom. The Bertz CT molecular complexity index is 698. The number of hydrogen-bond acceptors (Lipinski definition) is 12. The molecule has 3 rings (SSSR count). The lowest BCUT2D eigenvalue weighted by atomic mass is 9.76. The van der Waals surface area contributed by atoms with E-state index in [0.29, 0.717) is 0 Å². The van der Waals surface area contributed by atoms with Crippen molar-refractivity contribution in [3.05, 3.63) is 11.8 Å². The van der Waals surface area contributed by atoms with Gasteiger partial charge in [-0.3, -0.25) is 0 Å². The van der Waals surface area contributed by atoms with Crippen LogP contribution >= 0.6 is 11.6 Å². The van der Waals surface area contributed by atoms with Gasteiger partial charge in [-0.2, -0.15) is 0 Å². The van der Waals surface area contributed by atoms with Gasteiger partial charge >= 0.3 is 5.97 Å². The van der Waals surface area contributed by atoms with Crippen LogP contribution in [-0.2, 0) is 23.7 Å². The van der Waals surface area contributed by atoms with Gasteiger partial charge in [0.1, 0.15) is 48.0 Å². The monoisotopic (exact) mass is 456 g/mol. The lowest BCUT2D eigenvalue weighted by molar-refractivity contribution is -0.352. The Kier molecular flexibility index (Phi) is 6.40. The molecule has 0 aromatic rings. The molecule has 2 heterocycles. The summed E-state index contributed by atoms with van der Waals surface area (Å²) in [5, 5.41) is 70.5. The van der Waals surface area contributed by atoms with Crippen molar-refractivity contribution in [2.75, 3.05) is 13.7 Å². The smallest absolute Gasteiger partial charge is 0.339 e. The van der Waals surface area contributed by atoms with Gasteiger partial charge in [-0.05, 0) is 6.92 Å². The van der Waals surface area contributed by atoms with Crippen LogP contribution < -0.4 is 0 Å². The summed E-state index contributed by atoms with van der Waals surface area (Å²) in [5.41, 5.74) is -5.03. The number of hydrogen-bond donors (Lipinski definition) is 7. The number of methoxy groups -OCH3 is 1. The average molecular weight is 457 g/mol. The standard InChI is InChI=1S/C17H25ClO12/c1-16(25)10-15(30-14-9(22)8(21)7(20)6(3-19)29-14)28-4-5(13(24)27-2)17(10,26)12(23)11(16)18/h4,6-12,14-15,19-23,25-26H,3H2,1-2H3/t6-,7-,8+,9-,10?,11-,12-,14+,15+,16-,17+/m1/s1. The van der Waals surface area contributed by atoms with Gasteiger partial charge in [0.15, 0.2) is 6.29 Å². The lowest BCUT2D eigenvalue weighted by Gasteiger charge is -2.46. The Labute approximate surface area is 175 Å². The fraction of sp³-hybridized carbons (Fsp3) is 0.824. The van der Waals surface area contributed by atoms with Crippen molar-refractivity contribution in [2.45, 2.75) is 66.6 Å². The molecule has 13 heteroatoms. The second-order valence-electron chi connectivity index (χ2n) is 7.74. The molecule has 12 nitrogen and oxygen atoms in total. The van der Waals surface area contributed by atoms with Gasteiger partial charge in [-0.1, -0.05) is 0 Å². The van der Waals surface area contributed by atoms with Crippen LogP contribution in [0.25, 0.3) is 0 Å². The van der Waals surface area contributed by atoms with Gasteiger partial charge in [0.05, 0.1) is 30.6 Å². The molecule has 1 unspecified atom stereocenters. The maximum absolute atomic E-state index is 12.1. The zero-order chi connectivity index (χ0) is 22.6. The summed E-state index contributed by atoms with van der Waals surface area (Å²) in [6.07, 6.45) is -10.9. The van der Waals surface area contributed by atoms with E-state index in [2.05, 4.69) is 4.74 Å². The summed E-state index contributed by atoms with van der Waals surface area (Å²) in [6.45, 7) is 0.472. The van der Waals surface area contributed by atoms with Gasteiger partial charge in [0.25, 0.3) is 0 Å². The second-order valence-corrected chi connectivity index (χ2v) is 8.21. The van der Waals surface area contributed by atoms with Crippen LogP contribution in [-0.4, -0.2) is 115 Å². The first-order valence-corrected chi connectivity index (χ1v) is 9.53. The summed E-state index contributed by atoms with van der Waals surface area (Å²) < 4.78 is 20.7. The summed E-state index contributed by atoms with van der Waals surface area (Å²) in [7, 11) is 1.04. The fourth-order valence-electron chi connectivity index (χ4n) is 4.21. The largest absolute Gasteiger partial charge is 0.471 e. The summed E-state index contributed by atoms with van der Waals surface area (Å²) >= 11 is 6.12. The molecule has 1 saturated heterocycles. The Morgan fingerprint density at radius 2 is 1.80 bits per heavy atom. The van der Waals surface area contributed by atoms with E-state index in [0.717, 1.165) is 13.4 Å². The number of carbonyl (C=O) groups excluding carboxylic acids is 1. The van der Waals surface area contributed by atoms with Gasteiger partial charge in [-0.15, -0.1) is 11.6 Å². The minimum absolute atomic E-state index is 0.514. The fourth-order valence-corrected chi connectivity index (χ4v) is 4.53. The van der Waals surface area contributed by atoms with E-state index in [-0.39, 0.29) is 0 Å². The van der Waals surface area contributed by atoms with Gasteiger partial charge < -0.3 is 54.7 Å². The third-order valence-corrected chi connectivity index (χ3v) is 6.62. The lowest BCUT2D eigenvalue weighted by Crippen LogP contribution is -2.63. The number of carbonyl (C=O) groups is 1. The van der Waals surface area contributed by atoms with Gasteiger partial charge in [0, 0.05) is 0 Å². The number of aliphatic hydroxyl groups excluding tert-OH is 5. The molecule has 0 amide bonds. The van der Waals surface area contributed by atoms with Crippen molar-refractivity contribution in [3.63, 3.8) is 0 Å². The predicted molar refractivity (Wildman–Crippen MR) is 94.5 cm³/mol. The van der Waals surface area contributed by atoms with E-state index in [9.17, 15) is 40.5 Å². The van der Waals surface area contributed by atoms with E-state index in [1.807, 2.05) is 0 Å². The molecule has 30 heavy (non-hydrogen) atoms. The van der Waals surface area contributed by atoms with Crippen molar-refractivity contribution >= 4 is 17.6 Å². The molecule has 0 aromatic carbocycles. The molecule has 2 aliphatic heterocycles. The number of rotatable bonds is 4. The van der Waals surface area contributed by atoms with Crippen LogP contribution in [0.1, 0.15) is 6.92 Å². The third kappa shape index (κ3) is 3.32. The molecule has 3 aliphatic rings. The Morgan fingerprint density at radius 3 is 2.37 bits per heavy atom. The molecule has 0 spiro atoms. The number of halogens is 1. The van der Waals surface area contributed by atoms with Crippen molar-refractivity contribution in [2.24, 2.45) is 5.92 Å². The van der Waals surface area contributed by atoms with E-state index in [1.54, 1.807) is 0 Å². The molecule has 2 fully saturated rings. The van der Waals surface area contributed by atoms with Crippen molar-refractivity contribution in [1.29, 1.82) is 0 Å². The van der Waals surface area contributed by atoms with Crippen LogP contribution in [0.4, 0.5) is 0 Å². The maximum atomic E-state index is 12.1. The second kappa shape index (κ2) is 8.13. The van der Waals surface area contributed by atoms with Crippen LogP contribution in [0.2, 0.25) is 0 Å². The van der Waals surface area contributed by atoms with Crippen LogP contribution in [0.3, 0.4) is 0 Å². The molecule has 0 radical (unpaired) electrons. The Balaban J connectivity index is 1.96. The minimum Gasteiger partial charge on any atom is -0.471 e. The molecule has 1 saturated carbocycles. The van der Waals surface area contributed by atoms with Crippen molar-refractivity contribution < 1.29 is 59.5 Å². The van der Waals surface area contributed by atoms with E-state index in [4.69, 9.17) is 25.8 Å². The highest BCUT2D eigenvalue weighted by Crippen LogP contribution is 2.54. The molecule has 1 aliphatic carbocycles. The SMILES string of the molecule is COC(=O)C1=CO[C@@H](O[C@@H]2O[C@H](CO)[C@@H](O)[C@H](O)[C@H]2O)C2[C@@](C)(O)[C@H](Cl)[C@@H](O)[C@]12O. The van der Waals surface area contributed by atoms with Crippen molar-refractivity contribution in [3.8, 4) is 0 Å². The summed E-state index contributed by atoms with van der Waals surface area (Å²) in [4.78, 5) is 12.1. The first-order valence-electron chi connectivity index (χ1n) is 9.10. The Hall–Kier alpha value is -1.06. The topological polar surface area (TPSA) is 196 Å². The number of ether oxygens (including phenoxy) is 4. The van der Waals surface area contributed by atoms with Crippen LogP contribution in [0, 0.1) is 5.92 Å². The minimum atomic E-state index is -2.46. The predicted octanol–water partition coefficient (Wildman–Crippen LogP) is -3.70. The van der Waals surface area contributed by atoms with Gasteiger partial charge in [-0.25, -0.2) is 4.79 Å². The molecule has 0 bridgehead atoms. The zero-order valence-electron chi connectivity index (χ0n) is 16.0. The third-order valence-electron chi connectivity index (χ3n) is 5.94. The zero-order valence-corrected chi connectivity index (χ0v) is 16.8. The first kappa shape index (κ1) is 23.6. The number of alkyl halides is 1. The van der Waals surface area contributed by atoms with E-state index >= 15 is 0 Å². The van der Waals surface area contributed by atoms with Gasteiger partial charge in [0.2, 0.25) is 6.29 Å². The molecule has 0 aromatic heterocycles. The highest BCUT2D eigenvalue weighted by atomic mass is 35.5. The number of aliphatic hydroxyl groups is 7.